The SMILES string of the molecule is Cc1ccc(C(C)(C)N2CC[C@@](CCc3ccc(C#N)cc3)(COCC(F)(F)F)C2)cn1. The number of rotatable bonds is 8. The second-order valence-electron chi connectivity index (χ2n) is 9.34. The number of alkyl halides is 3. The fourth-order valence-corrected chi connectivity index (χ4v) is 4.36. The summed E-state index contributed by atoms with van der Waals surface area (Å²) in [6.45, 7) is 6.49. The summed E-state index contributed by atoms with van der Waals surface area (Å²) >= 11 is 0. The number of benzene rings is 1. The maximum Gasteiger partial charge on any atom is 0.411 e. The molecule has 7 heteroatoms. The van der Waals surface area contributed by atoms with Crippen LogP contribution in [0.4, 0.5) is 13.2 Å². The fourth-order valence-electron chi connectivity index (χ4n) is 4.36. The smallest absolute Gasteiger partial charge is 0.371 e. The Morgan fingerprint density at radius 2 is 1.88 bits per heavy atom. The quantitative estimate of drug-likeness (QED) is 0.546. The lowest BCUT2D eigenvalue weighted by molar-refractivity contribution is -0.180. The van der Waals surface area contributed by atoms with Gasteiger partial charge in [0.2, 0.25) is 0 Å². The average molecular weight is 446 g/mol. The third-order valence-electron chi connectivity index (χ3n) is 6.55. The van der Waals surface area contributed by atoms with Crippen LogP contribution in [0.3, 0.4) is 0 Å². The summed E-state index contributed by atoms with van der Waals surface area (Å²) < 4.78 is 43.4. The third-order valence-corrected chi connectivity index (χ3v) is 6.55. The van der Waals surface area contributed by atoms with Crippen LogP contribution in [0.1, 0.15) is 49.1 Å². The third kappa shape index (κ3) is 6.08. The molecule has 172 valence electrons. The number of pyridine rings is 1. The lowest BCUT2D eigenvalue weighted by Gasteiger charge is -2.38. The van der Waals surface area contributed by atoms with Gasteiger partial charge in [0.1, 0.15) is 6.61 Å². The number of hydrogen-bond acceptors (Lipinski definition) is 4. The maximum atomic E-state index is 12.7. The summed E-state index contributed by atoms with van der Waals surface area (Å²) in [4.78, 5) is 6.75. The Hall–Kier alpha value is -2.43. The normalized spacial score (nSPS) is 19.8. The van der Waals surface area contributed by atoms with Gasteiger partial charge in [0, 0.05) is 29.4 Å². The molecule has 0 amide bonds. The number of ether oxygens (including phenoxy) is 1. The molecule has 4 nitrogen and oxygen atoms in total. The molecule has 0 aliphatic carbocycles. The van der Waals surface area contributed by atoms with Crippen molar-refractivity contribution in [2.75, 3.05) is 26.3 Å². The van der Waals surface area contributed by atoms with Gasteiger partial charge in [0.25, 0.3) is 0 Å². The molecule has 1 aromatic carbocycles. The van der Waals surface area contributed by atoms with Crippen molar-refractivity contribution in [1.82, 2.24) is 9.88 Å². The highest BCUT2D eigenvalue weighted by atomic mass is 19.4. The van der Waals surface area contributed by atoms with Gasteiger partial charge in [-0.3, -0.25) is 9.88 Å². The number of aryl methyl sites for hydroxylation is 2. The van der Waals surface area contributed by atoms with Crippen LogP contribution in [0.5, 0.6) is 0 Å². The monoisotopic (exact) mass is 445 g/mol. The topological polar surface area (TPSA) is 49.2 Å². The molecule has 1 fully saturated rings. The number of hydrogen-bond donors (Lipinski definition) is 0. The summed E-state index contributed by atoms with van der Waals surface area (Å²) in [6, 6.07) is 13.5. The van der Waals surface area contributed by atoms with Gasteiger partial charge in [-0.1, -0.05) is 18.2 Å². The molecule has 1 atom stereocenters. The molecule has 1 aliphatic rings. The van der Waals surface area contributed by atoms with Gasteiger partial charge < -0.3 is 4.74 Å². The number of nitriles is 1. The van der Waals surface area contributed by atoms with Crippen LogP contribution in [0, 0.1) is 23.7 Å². The Labute approximate surface area is 188 Å². The fraction of sp³-hybridized carbons (Fsp3) is 0.520. The summed E-state index contributed by atoms with van der Waals surface area (Å²) in [6.07, 6.45) is -0.244. The predicted octanol–water partition coefficient (Wildman–Crippen LogP) is 5.40. The van der Waals surface area contributed by atoms with Crippen molar-refractivity contribution in [3.8, 4) is 6.07 Å². The zero-order valence-corrected chi connectivity index (χ0v) is 18.9. The Kier molecular flexibility index (Phi) is 7.26. The van der Waals surface area contributed by atoms with Crippen molar-refractivity contribution in [1.29, 1.82) is 5.26 Å². The second kappa shape index (κ2) is 9.60. The van der Waals surface area contributed by atoms with Crippen molar-refractivity contribution >= 4 is 0 Å². The van der Waals surface area contributed by atoms with E-state index in [-0.39, 0.29) is 17.6 Å². The molecule has 2 heterocycles. The summed E-state index contributed by atoms with van der Waals surface area (Å²) in [5, 5.41) is 8.98. The van der Waals surface area contributed by atoms with Crippen LogP contribution in [0.2, 0.25) is 0 Å². The van der Waals surface area contributed by atoms with Crippen LogP contribution in [-0.4, -0.2) is 42.4 Å². The first kappa shape index (κ1) is 24.2. The van der Waals surface area contributed by atoms with Gasteiger partial charge in [-0.05, 0) is 75.9 Å². The van der Waals surface area contributed by atoms with E-state index in [1.165, 1.54) is 0 Å². The van der Waals surface area contributed by atoms with Gasteiger partial charge in [-0.15, -0.1) is 0 Å². The molecule has 1 aromatic heterocycles. The molecule has 32 heavy (non-hydrogen) atoms. The van der Waals surface area contributed by atoms with E-state index in [0.29, 0.717) is 12.1 Å². The lowest BCUT2D eigenvalue weighted by atomic mass is 9.81. The molecule has 2 aromatic rings. The van der Waals surface area contributed by atoms with E-state index in [1.807, 2.05) is 31.3 Å². The standard InChI is InChI=1S/C25H30F3N3O/c1-19-4-9-22(15-30-19)23(2,3)31-13-12-24(16-31,17-32-18-25(26,27)28)11-10-20-5-7-21(14-29)8-6-20/h4-9,15H,10-13,16-18H2,1-3H3/t24-/m1/s1. The van der Waals surface area contributed by atoms with Crippen molar-refractivity contribution in [2.24, 2.45) is 5.41 Å². The predicted molar refractivity (Wildman–Crippen MR) is 117 cm³/mol. The van der Waals surface area contributed by atoms with Gasteiger partial charge in [0.05, 0.1) is 18.2 Å². The Morgan fingerprint density at radius 1 is 1.16 bits per heavy atom. The average Bonchev–Trinajstić information content (AvgIpc) is 3.17. The summed E-state index contributed by atoms with van der Waals surface area (Å²) in [7, 11) is 0. The molecule has 1 saturated heterocycles. The van der Waals surface area contributed by atoms with Crippen LogP contribution in [0.15, 0.2) is 42.6 Å². The van der Waals surface area contributed by atoms with E-state index in [4.69, 9.17) is 10.00 Å². The molecule has 0 radical (unpaired) electrons. The molecule has 0 saturated carbocycles. The van der Waals surface area contributed by atoms with Crippen LogP contribution in [-0.2, 0) is 16.7 Å². The lowest BCUT2D eigenvalue weighted by Crippen LogP contribution is -2.42. The number of nitrogens with zero attached hydrogens (tertiary/aromatic N) is 3. The number of aromatic nitrogens is 1. The van der Waals surface area contributed by atoms with E-state index in [2.05, 4.69) is 35.9 Å². The van der Waals surface area contributed by atoms with Crippen molar-refractivity contribution < 1.29 is 17.9 Å². The summed E-state index contributed by atoms with van der Waals surface area (Å²) in [5.74, 6) is 0. The summed E-state index contributed by atoms with van der Waals surface area (Å²) in [5.41, 5.74) is 3.04. The first-order valence-corrected chi connectivity index (χ1v) is 10.8. The highest BCUT2D eigenvalue weighted by Gasteiger charge is 2.44. The van der Waals surface area contributed by atoms with Crippen LogP contribution < -0.4 is 0 Å². The highest BCUT2D eigenvalue weighted by molar-refractivity contribution is 5.31. The highest BCUT2D eigenvalue weighted by Crippen LogP contribution is 2.42. The maximum absolute atomic E-state index is 12.7. The number of halogens is 3. The zero-order valence-electron chi connectivity index (χ0n) is 18.9. The molecule has 0 spiro atoms. The van der Waals surface area contributed by atoms with Crippen LogP contribution >= 0.6 is 0 Å². The van der Waals surface area contributed by atoms with E-state index in [9.17, 15) is 13.2 Å². The number of likely N-dealkylation sites (tertiary alicyclic amines) is 1. The van der Waals surface area contributed by atoms with Gasteiger partial charge in [-0.2, -0.15) is 18.4 Å². The van der Waals surface area contributed by atoms with Gasteiger partial charge in [-0.25, -0.2) is 0 Å². The van der Waals surface area contributed by atoms with Gasteiger partial charge >= 0.3 is 6.18 Å². The van der Waals surface area contributed by atoms with Gasteiger partial charge in [0.15, 0.2) is 0 Å². The Balaban J connectivity index is 1.74. The molecule has 0 unspecified atom stereocenters. The van der Waals surface area contributed by atoms with E-state index < -0.39 is 12.8 Å². The van der Waals surface area contributed by atoms with E-state index >= 15 is 0 Å². The molecular formula is C25H30F3N3O. The van der Waals surface area contributed by atoms with Crippen molar-refractivity contribution in [2.45, 2.75) is 51.7 Å². The van der Waals surface area contributed by atoms with E-state index in [0.717, 1.165) is 42.6 Å². The Bertz CT molecular complexity index is 933. The minimum absolute atomic E-state index is 0.0709. The van der Waals surface area contributed by atoms with Crippen molar-refractivity contribution in [3.05, 3.63) is 65.0 Å². The zero-order chi connectivity index (χ0) is 23.4. The Morgan fingerprint density at radius 3 is 2.47 bits per heavy atom. The molecular weight excluding hydrogens is 415 g/mol. The second-order valence-corrected chi connectivity index (χ2v) is 9.34. The molecule has 0 N–H and O–H groups in total. The molecule has 1 aliphatic heterocycles. The first-order chi connectivity index (χ1) is 15.0. The minimum Gasteiger partial charge on any atom is -0.371 e. The van der Waals surface area contributed by atoms with Crippen molar-refractivity contribution in [3.63, 3.8) is 0 Å². The minimum atomic E-state index is -4.33. The molecule has 3 rings (SSSR count). The largest absolute Gasteiger partial charge is 0.411 e. The molecule has 0 bridgehead atoms. The van der Waals surface area contributed by atoms with E-state index in [1.54, 1.807) is 12.1 Å². The van der Waals surface area contributed by atoms with Crippen LogP contribution in [0.25, 0.3) is 0 Å². The first-order valence-electron chi connectivity index (χ1n) is 10.8.